The van der Waals surface area contributed by atoms with Crippen molar-refractivity contribution in [3.05, 3.63) is 41.4 Å². The lowest BCUT2D eigenvalue weighted by Gasteiger charge is -2.07. The summed E-state index contributed by atoms with van der Waals surface area (Å²) in [5.41, 5.74) is 7.08. The third kappa shape index (κ3) is 2.57. The molecule has 0 fully saturated rings. The zero-order valence-electron chi connectivity index (χ0n) is 10.5. The standard InChI is InChI=1S/C13H12BrN5O/c14-9-1-3-10(4-2-9)20-6-5-19-8-18-11-12(15)16-7-17-13(11)19/h1-4,7-8H,5-6H2,(H2,15,16,17). The van der Waals surface area contributed by atoms with Gasteiger partial charge in [0.05, 0.1) is 12.9 Å². The Morgan fingerprint density at radius 3 is 2.75 bits per heavy atom. The van der Waals surface area contributed by atoms with Gasteiger partial charge in [0.1, 0.15) is 24.2 Å². The van der Waals surface area contributed by atoms with E-state index >= 15 is 0 Å². The molecule has 3 rings (SSSR count). The molecule has 0 saturated heterocycles. The van der Waals surface area contributed by atoms with Crippen LogP contribution >= 0.6 is 15.9 Å². The van der Waals surface area contributed by atoms with Crippen molar-refractivity contribution in [2.45, 2.75) is 6.54 Å². The highest BCUT2D eigenvalue weighted by Gasteiger charge is 2.07. The molecule has 0 unspecified atom stereocenters. The number of hydrogen-bond donors (Lipinski definition) is 1. The van der Waals surface area contributed by atoms with Gasteiger partial charge in [-0.2, -0.15) is 0 Å². The van der Waals surface area contributed by atoms with Gasteiger partial charge < -0.3 is 15.0 Å². The van der Waals surface area contributed by atoms with Gasteiger partial charge in [-0.05, 0) is 24.3 Å². The predicted octanol–water partition coefficient (Wildman–Crippen LogP) is 2.25. The Balaban J connectivity index is 1.68. The molecule has 0 radical (unpaired) electrons. The molecule has 7 heteroatoms. The summed E-state index contributed by atoms with van der Waals surface area (Å²) in [6, 6.07) is 7.71. The number of fused-ring (bicyclic) bond motifs is 1. The van der Waals surface area contributed by atoms with Crippen LogP contribution in [-0.2, 0) is 6.54 Å². The molecule has 102 valence electrons. The molecule has 0 bridgehead atoms. The van der Waals surface area contributed by atoms with Gasteiger partial charge in [0.2, 0.25) is 0 Å². The summed E-state index contributed by atoms with van der Waals surface area (Å²) in [6.07, 6.45) is 3.13. The summed E-state index contributed by atoms with van der Waals surface area (Å²) in [6.45, 7) is 1.17. The zero-order valence-corrected chi connectivity index (χ0v) is 12.1. The lowest BCUT2D eigenvalue weighted by atomic mass is 10.3. The van der Waals surface area contributed by atoms with E-state index in [0.29, 0.717) is 24.5 Å². The number of nitrogens with two attached hydrogens (primary N) is 1. The number of benzene rings is 1. The van der Waals surface area contributed by atoms with Crippen LogP contribution in [0.15, 0.2) is 41.4 Å². The lowest BCUT2D eigenvalue weighted by Crippen LogP contribution is -2.08. The van der Waals surface area contributed by atoms with E-state index in [9.17, 15) is 0 Å². The number of nitrogen functional groups attached to an aromatic ring is 1. The second-order valence-electron chi connectivity index (χ2n) is 4.17. The van der Waals surface area contributed by atoms with E-state index in [-0.39, 0.29) is 0 Å². The molecule has 1 aromatic carbocycles. The minimum Gasteiger partial charge on any atom is -0.492 e. The summed E-state index contributed by atoms with van der Waals surface area (Å²) in [4.78, 5) is 12.3. The van der Waals surface area contributed by atoms with E-state index < -0.39 is 0 Å². The van der Waals surface area contributed by atoms with Crippen molar-refractivity contribution >= 4 is 32.9 Å². The third-order valence-corrected chi connectivity index (χ3v) is 3.37. The fourth-order valence-electron chi connectivity index (χ4n) is 1.86. The number of halogens is 1. The Labute approximate surface area is 123 Å². The van der Waals surface area contributed by atoms with E-state index in [4.69, 9.17) is 10.5 Å². The quantitative estimate of drug-likeness (QED) is 0.792. The van der Waals surface area contributed by atoms with E-state index in [2.05, 4.69) is 30.9 Å². The highest BCUT2D eigenvalue weighted by Crippen LogP contribution is 2.17. The second-order valence-corrected chi connectivity index (χ2v) is 5.09. The molecule has 0 amide bonds. The highest BCUT2D eigenvalue weighted by molar-refractivity contribution is 9.10. The van der Waals surface area contributed by atoms with Gasteiger partial charge in [-0.15, -0.1) is 0 Å². The summed E-state index contributed by atoms with van der Waals surface area (Å²) in [5.74, 6) is 1.22. The third-order valence-electron chi connectivity index (χ3n) is 2.84. The van der Waals surface area contributed by atoms with E-state index in [0.717, 1.165) is 15.9 Å². The maximum atomic E-state index is 5.74. The molecule has 20 heavy (non-hydrogen) atoms. The van der Waals surface area contributed by atoms with Gasteiger partial charge in [-0.1, -0.05) is 15.9 Å². The Bertz CT molecular complexity index is 725. The van der Waals surface area contributed by atoms with Gasteiger partial charge in [0.15, 0.2) is 11.5 Å². The van der Waals surface area contributed by atoms with Crippen molar-refractivity contribution in [2.24, 2.45) is 0 Å². The van der Waals surface area contributed by atoms with Gasteiger partial charge in [0, 0.05) is 4.47 Å². The summed E-state index contributed by atoms with van der Waals surface area (Å²) in [7, 11) is 0. The first-order valence-electron chi connectivity index (χ1n) is 6.04. The van der Waals surface area contributed by atoms with Crippen LogP contribution in [0.3, 0.4) is 0 Å². The Kier molecular flexibility index (Phi) is 3.51. The molecule has 2 aromatic heterocycles. The number of ether oxygens (including phenoxy) is 1. The van der Waals surface area contributed by atoms with Crippen molar-refractivity contribution in [3.8, 4) is 5.75 Å². The number of anilines is 1. The molecule has 6 nitrogen and oxygen atoms in total. The van der Waals surface area contributed by atoms with Crippen molar-refractivity contribution in [1.82, 2.24) is 19.5 Å². The van der Waals surface area contributed by atoms with Crippen molar-refractivity contribution in [1.29, 1.82) is 0 Å². The molecule has 0 aliphatic rings. The van der Waals surface area contributed by atoms with Crippen LogP contribution < -0.4 is 10.5 Å². The Morgan fingerprint density at radius 1 is 1.15 bits per heavy atom. The van der Waals surface area contributed by atoms with E-state index in [1.54, 1.807) is 6.33 Å². The van der Waals surface area contributed by atoms with Crippen LogP contribution in [0.4, 0.5) is 5.82 Å². The van der Waals surface area contributed by atoms with Crippen LogP contribution in [0.2, 0.25) is 0 Å². The summed E-state index contributed by atoms with van der Waals surface area (Å²) < 4.78 is 8.59. The molecule has 0 spiro atoms. The van der Waals surface area contributed by atoms with Crippen LogP contribution in [0.5, 0.6) is 5.75 Å². The molecular formula is C13H12BrN5O. The SMILES string of the molecule is Nc1ncnc2c1ncn2CCOc1ccc(Br)cc1. The molecular weight excluding hydrogens is 322 g/mol. The monoisotopic (exact) mass is 333 g/mol. The smallest absolute Gasteiger partial charge is 0.165 e. The topological polar surface area (TPSA) is 78.9 Å². The Hall–Kier alpha value is -2.15. The molecule has 2 heterocycles. The largest absolute Gasteiger partial charge is 0.492 e. The first-order valence-corrected chi connectivity index (χ1v) is 6.83. The molecule has 0 atom stereocenters. The maximum absolute atomic E-state index is 5.74. The average Bonchev–Trinajstić information content (AvgIpc) is 2.86. The summed E-state index contributed by atoms with van der Waals surface area (Å²) in [5, 5.41) is 0. The molecule has 0 aliphatic heterocycles. The molecule has 3 aromatic rings. The van der Waals surface area contributed by atoms with Crippen LogP contribution in [0, 0.1) is 0 Å². The minimum absolute atomic E-state index is 0.391. The van der Waals surface area contributed by atoms with Gasteiger partial charge in [-0.25, -0.2) is 15.0 Å². The lowest BCUT2D eigenvalue weighted by molar-refractivity contribution is 0.300. The predicted molar refractivity (Wildman–Crippen MR) is 79.4 cm³/mol. The summed E-state index contributed by atoms with van der Waals surface area (Å²) >= 11 is 3.39. The zero-order chi connectivity index (χ0) is 13.9. The minimum atomic E-state index is 0.391. The van der Waals surface area contributed by atoms with Crippen LogP contribution in [-0.4, -0.2) is 26.1 Å². The fraction of sp³-hybridized carbons (Fsp3) is 0.154. The number of hydrogen-bond acceptors (Lipinski definition) is 5. The maximum Gasteiger partial charge on any atom is 0.165 e. The number of imidazole rings is 1. The van der Waals surface area contributed by atoms with Gasteiger partial charge in [-0.3, -0.25) is 0 Å². The average molecular weight is 334 g/mol. The number of rotatable bonds is 4. The van der Waals surface area contributed by atoms with Crippen molar-refractivity contribution in [2.75, 3.05) is 12.3 Å². The number of aromatic nitrogens is 4. The van der Waals surface area contributed by atoms with Crippen LogP contribution in [0.25, 0.3) is 11.2 Å². The van der Waals surface area contributed by atoms with Crippen LogP contribution in [0.1, 0.15) is 0 Å². The normalized spacial score (nSPS) is 10.8. The molecule has 0 aliphatic carbocycles. The molecule has 2 N–H and O–H groups in total. The number of nitrogens with zero attached hydrogens (tertiary/aromatic N) is 4. The fourth-order valence-corrected chi connectivity index (χ4v) is 2.12. The Morgan fingerprint density at radius 2 is 1.95 bits per heavy atom. The molecule has 0 saturated carbocycles. The first-order chi connectivity index (χ1) is 9.74. The van der Waals surface area contributed by atoms with E-state index in [1.807, 2.05) is 28.8 Å². The van der Waals surface area contributed by atoms with Crippen molar-refractivity contribution < 1.29 is 4.74 Å². The first kappa shape index (κ1) is 12.9. The van der Waals surface area contributed by atoms with Gasteiger partial charge in [0.25, 0.3) is 0 Å². The van der Waals surface area contributed by atoms with Crippen molar-refractivity contribution in [3.63, 3.8) is 0 Å². The highest BCUT2D eigenvalue weighted by atomic mass is 79.9. The second kappa shape index (κ2) is 5.46. The van der Waals surface area contributed by atoms with Gasteiger partial charge >= 0.3 is 0 Å². The van der Waals surface area contributed by atoms with E-state index in [1.165, 1.54) is 6.33 Å².